The number of ether oxygens (including phenoxy) is 3. The zero-order valence-electron chi connectivity index (χ0n) is 24.4. The molecule has 0 radical (unpaired) electrons. The second-order valence-corrected chi connectivity index (χ2v) is 11.2. The van der Waals surface area contributed by atoms with Crippen LogP contribution in [0, 0.1) is 13.8 Å². The lowest BCUT2D eigenvalue weighted by Gasteiger charge is -2.25. The summed E-state index contributed by atoms with van der Waals surface area (Å²) < 4.78 is 20.9. The van der Waals surface area contributed by atoms with Gasteiger partial charge in [0.15, 0.2) is 16.3 Å². The molecule has 218 valence electrons. The molecule has 0 saturated carbocycles. The molecule has 1 atom stereocenters. The number of fused-ring (bicyclic) bond motifs is 1. The van der Waals surface area contributed by atoms with Crippen molar-refractivity contribution in [3.05, 3.63) is 107 Å². The zero-order chi connectivity index (χ0) is 30.1. The molecule has 0 bridgehead atoms. The predicted octanol–water partition coefficient (Wildman–Crippen LogP) is 5.27. The minimum atomic E-state index is -0.755. The topological polar surface area (TPSA) is 84.1 Å². The quantitative estimate of drug-likeness (QED) is 0.256. The number of carbonyl (C=O) groups excluding carboxylic acids is 1. The van der Waals surface area contributed by atoms with Gasteiger partial charge >= 0.3 is 5.97 Å². The highest BCUT2D eigenvalue weighted by atomic mass is 35.5. The largest absolute Gasteiger partial charge is 0.493 e. The van der Waals surface area contributed by atoms with Gasteiger partial charge in [0.05, 0.1) is 42.2 Å². The first-order valence-corrected chi connectivity index (χ1v) is 14.8. The number of allylic oxidation sites excluding steroid dienone is 1. The van der Waals surface area contributed by atoms with Crippen LogP contribution < -0.4 is 24.4 Å². The Bertz CT molecular complexity index is 1880. The normalized spacial score (nSPS) is 14.9. The van der Waals surface area contributed by atoms with Crippen LogP contribution in [0.2, 0.25) is 5.02 Å². The molecule has 0 spiro atoms. The fraction of sp³-hybridized carbons (Fsp3) is 0.281. The summed E-state index contributed by atoms with van der Waals surface area (Å²) >= 11 is 7.39. The first-order chi connectivity index (χ1) is 20.2. The van der Waals surface area contributed by atoms with Crippen LogP contribution in [0.4, 0.5) is 0 Å². The van der Waals surface area contributed by atoms with Crippen molar-refractivity contribution in [2.24, 2.45) is 4.99 Å². The Labute approximate surface area is 252 Å². The van der Waals surface area contributed by atoms with E-state index in [2.05, 4.69) is 9.56 Å². The summed E-state index contributed by atoms with van der Waals surface area (Å²) in [4.78, 5) is 32.6. The van der Waals surface area contributed by atoms with Crippen molar-refractivity contribution in [1.29, 1.82) is 0 Å². The Hall–Kier alpha value is -4.08. The lowest BCUT2D eigenvalue weighted by atomic mass is 9.95. The van der Waals surface area contributed by atoms with E-state index >= 15 is 0 Å². The Kier molecular flexibility index (Phi) is 8.43. The molecule has 42 heavy (non-hydrogen) atoms. The lowest BCUT2D eigenvalue weighted by Crippen LogP contribution is -2.40. The van der Waals surface area contributed by atoms with E-state index in [-0.39, 0.29) is 12.2 Å². The van der Waals surface area contributed by atoms with E-state index in [1.54, 1.807) is 31.6 Å². The van der Waals surface area contributed by atoms with E-state index in [4.69, 9.17) is 25.8 Å². The fourth-order valence-electron chi connectivity index (χ4n) is 5.30. The number of esters is 1. The second-order valence-electron chi connectivity index (χ2n) is 9.78. The number of carbonyl (C=O) groups is 1. The molecule has 0 saturated heterocycles. The highest BCUT2D eigenvalue weighted by molar-refractivity contribution is 7.07. The summed E-state index contributed by atoms with van der Waals surface area (Å²) in [5.41, 5.74) is 5.15. The van der Waals surface area contributed by atoms with Gasteiger partial charge in [-0.05, 0) is 94.3 Å². The zero-order valence-corrected chi connectivity index (χ0v) is 25.9. The van der Waals surface area contributed by atoms with E-state index in [1.165, 1.54) is 11.3 Å². The molecular weight excluding hydrogens is 574 g/mol. The highest BCUT2D eigenvalue weighted by Gasteiger charge is 2.34. The number of hydrogen-bond acceptors (Lipinski definition) is 7. The number of hydrogen-bond donors (Lipinski definition) is 0. The van der Waals surface area contributed by atoms with E-state index < -0.39 is 12.0 Å². The first kappa shape index (κ1) is 29.4. The summed E-state index contributed by atoms with van der Waals surface area (Å²) in [7, 11) is 1.57. The summed E-state index contributed by atoms with van der Waals surface area (Å²) in [5, 5.41) is 0.666. The van der Waals surface area contributed by atoms with Crippen LogP contribution in [0.1, 0.15) is 49.3 Å². The third kappa shape index (κ3) is 5.30. The second kappa shape index (κ2) is 12.0. The molecule has 8 nitrogen and oxygen atoms in total. The van der Waals surface area contributed by atoms with Gasteiger partial charge < -0.3 is 18.8 Å². The number of benzene rings is 2. The van der Waals surface area contributed by atoms with Crippen molar-refractivity contribution in [1.82, 2.24) is 9.13 Å². The molecule has 3 heterocycles. The van der Waals surface area contributed by atoms with Crippen LogP contribution in [-0.2, 0) is 9.53 Å². The number of rotatable bonds is 8. The molecule has 2 aromatic carbocycles. The number of thiazole rings is 1. The lowest BCUT2D eigenvalue weighted by molar-refractivity contribution is -0.139. The molecule has 4 aromatic rings. The Morgan fingerprint density at radius 2 is 1.79 bits per heavy atom. The van der Waals surface area contributed by atoms with Crippen LogP contribution >= 0.6 is 22.9 Å². The van der Waals surface area contributed by atoms with Gasteiger partial charge in [0, 0.05) is 22.1 Å². The highest BCUT2D eigenvalue weighted by Crippen LogP contribution is 2.36. The van der Waals surface area contributed by atoms with Gasteiger partial charge in [-0.15, -0.1) is 0 Å². The predicted molar refractivity (Wildman–Crippen MR) is 165 cm³/mol. The van der Waals surface area contributed by atoms with Crippen LogP contribution in [0.5, 0.6) is 11.5 Å². The monoisotopic (exact) mass is 605 g/mol. The molecule has 5 rings (SSSR count). The van der Waals surface area contributed by atoms with Crippen LogP contribution in [0.3, 0.4) is 0 Å². The van der Waals surface area contributed by atoms with Gasteiger partial charge in [0.2, 0.25) is 0 Å². The molecule has 10 heteroatoms. The first-order valence-electron chi connectivity index (χ1n) is 13.6. The molecule has 0 amide bonds. The summed E-state index contributed by atoms with van der Waals surface area (Å²) in [6, 6.07) is 14.3. The van der Waals surface area contributed by atoms with E-state index in [9.17, 15) is 9.59 Å². The van der Waals surface area contributed by atoms with Gasteiger partial charge in [0.25, 0.3) is 5.56 Å². The van der Waals surface area contributed by atoms with E-state index in [0.29, 0.717) is 49.3 Å². The van der Waals surface area contributed by atoms with Gasteiger partial charge in [-0.2, -0.15) is 0 Å². The maximum Gasteiger partial charge on any atom is 0.338 e. The molecule has 0 unspecified atom stereocenters. The van der Waals surface area contributed by atoms with Crippen molar-refractivity contribution in [3.63, 3.8) is 0 Å². The summed E-state index contributed by atoms with van der Waals surface area (Å²) in [5.74, 6) is 0.563. The third-order valence-corrected chi connectivity index (χ3v) is 8.40. The molecule has 1 aliphatic rings. The number of methoxy groups -OCH3 is 1. The third-order valence-electron chi connectivity index (χ3n) is 7.16. The number of aromatic nitrogens is 2. The molecule has 1 aliphatic heterocycles. The molecule has 0 fully saturated rings. The Balaban J connectivity index is 1.70. The average molecular weight is 606 g/mol. The number of nitrogens with zero attached hydrogens (tertiary/aromatic N) is 3. The Morgan fingerprint density at radius 3 is 2.45 bits per heavy atom. The average Bonchev–Trinajstić information content (AvgIpc) is 3.42. The molecule has 0 aliphatic carbocycles. The molecular formula is C32H32ClN3O5S. The summed E-state index contributed by atoms with van der Waals surface area (Å²) in [6.45, 7) is 10.1. The van der Waals surface area contributed by atoms with E-state index in [1.807, 2.05) is 69.3 Å². The Morgan fingerprint density at radius 1 is 1.05 bits per heavy atom. The minimum Gasteiger partial charge on any atom is -0.493 e. The number of aryl methyl sites for hydroxylation is 1. The van der Waals surface area contributed by atoms with Crippen molar-refractivity contribution in [2.75, 3.05) is 20.3 Å². The van der Waals surface area contributed by atoms with E-state index in [0.717, 1.165) is 22.6 Å². The van der Waals surface area contributed by atoms with Crippen LogP contribution in [0.15, 0.2) is 69.6 Å². The summed E-state index contributed by atoms with van der Waals surface area (Å²) in [6.07, 6.45) is 1.89. The number of halogens is 1. The SMILES string of the molecule is CCOC(=O)C1=C(C)N=c2s/c(=C\c3cc(C)n(-c4ccc(Cl)cc4)c3C)c(=O)n2[C@@H]1c1ccc(OC)c(OCC)c1. The standard InChI is InChI=1S/C32H32ClN3O5S/c1-7-40-26-16-21(9-14-25(26)39-6)29-28(31(38)41-8-2)19(4)34-32-36(29)30(37)27(42-32)17-22-15-18(3)35(20(22)5)24-12-10-23(33)11-13-24/h9-17,29H,7-8H2,1-6H3/b27-17-/t29-/m1/s1. The van der Waals surface area contributed by atoms with Gasteiger partial charge in [-0.1, -0.05) is 29.0 Å². The van der Waals surface area contributed by atoms with Crippen molar-refractivity contribution < 1.29 is 19.0 Å². The fourth-order valence-corrected chi connectivity index (χ4v) is 6.46. The van der Waals surface area contributed by atoms with Gasteiger partial charge in [0.1, 0.15) is 0 Å². The maximum absolute atomic E-state index is 14.1. The van der Waals surface area contributed by atoms with Crippen LogP contribution in [0.25, 0.3) is 11.8 Å². The molecule has 0 N–H and O–H groups in total. The maximum atomic E-state index is 14.1. The van der Waals surface area contributed by atoms with Crippen molar-refractivity contribution >= 4 is 35.0 Å². The van der Waals surface area contributed by atoms with Crippen molar-refractivity contribution in [2.45, 2.75) is 40.7 Å². The molecule has 2 aromatic heterocycles. The smallest absolute Gasteiger partial charge is 0.338 e. The van der Waals surface area contributed by atoms with Gasteiger partial charge in [-0.25, -0.2) is 9.79 Å². The van der Waals surface area contributed by atoms with Crippen molar-refractivity contribution in [3.8, 4) is 17.2 Å². The minimum absolute atomic E-state index is 0.197. The van der Waals surface area contributed by atoms with Crippen LogP contribution in [-0.4, -0.2) is 35.4 Å². The van der Waals surface area contributed by atoms with Gasteiger partial charge in [-0.3, -0.25) is 9.36 Å².